The topological polar surface area (TPSA) is 50.8 Å². The van der Waals surface area contributed by atoms with Crippen molar-refractivity contribution in [2.24, 2.45) is 0 Å². The van der Waals surface area contributed by atoms with Gasteiger partial charge >= 0.3 is 0 Å². The van der Waals surface area contributed by atoms with E-state index in [1.807, 2.05) is 60.4 Å². The third kappa shape index (κ3) is 4.49. The van der Waals surface area contributed by atoms with Gasteiger partial charge in [-0.25, -0.2) is 0 Å². The zero-order valence-corrected chi connectivity index (χ0v) is 15.9. The Kier molecular flexibility index (Phi) is 6.14. The molecule has 2 aromatic carbocycles. The van der Waals surface area contributed by atoms with Gasteiger partial charge in [0.1, 0.15) is 18.5 Å². The molecule has 0 aliphatic carbocycles. The van der Waals surface area contributed by atoms with Gasteiger partial charge in [-0.2, -0.15) is 0 Å². The van der Waals surface area contributed by atoms with Crippen molar-refractivity contribution in [3.05, 3.63) is 71.8 Å². The minimum Gasteiger partial charge on any atom is -0.489 e. The van der Waals surface area contributed by atoms with Crippen molar-refractivity contribution in [3.8, 4) is 5.75 Å². The first-order chi connectivity index (χ1) is 13.1. The molecule has 0 aromatic heterocycles. The van der Waals surface area contributed by atoms with E-state index in [0.29, 0.717) is 25.3 Å². The molecule has 142 valence electrons. The van der Waals surface area contributed by atoms with E-state index < -0.39 is 0 Å². The predicted molar refractivity (Wildman–Crippen MR) is 107 cm³/mol. The lowest BCUT2D eigenvalue weighted by Crippen LogP contribution is -2.43. The zero-order valence-electron chi connectivity index (χ0n) is 15.9. The van der Waals surface area contributed by atoms with Gasteiger partial charge in [-0.15, -0.1) is 0 Å². The van der Waals surface area contributed by atoms with Crippen molar-refractivity contribution >= 4 is 11.6 Å². The molecule has 5 heteroatoms. The number of anilines is 1. The van der Waals surface area contributed by atoms with Crippen molar-refractivity contribution in [3.63, 3.8) is 0 Å². The van der Waals surface area contributed by atoms with Crippen molar-refractivity contribution in [2.45, 2.75) is 19.5 Å². The number of ether oxygens (including phenoxy) is 2. The molecule has 3 rings (SSSR count). The van der Waals surface area contributed by atoms with Crippen LogP contribution in [-0.4, -0.2) is 37.7 Å². The monoisotopic (exact) mass is 366 g/mol. The summed E-state index contributed by atoms with van der Waals surface area (Å²) in [6.45, 7) is 7.49. The maximum absolute atomic E-state index is 13.1. The summed E-state index contributed by atoms with van der Waals surface area (Å²) in [6, 6.07) is 15.5. The average Bonchev–Trinajstić information content (AvgIpc) is 2.68. The van der Waals surface area contributed by atoms with Gasteiger partial charge in [0.2, 0.25) is 0 Å². The van der Waals surface area contributed by atoms with E-state index in [1.54, 1.807) is 7.11 Å². The van der Waals surface area contributed by atoms with Crippen molar-refractivity contribution in [1.82, 2.24) is 4.90 Å². The number of fused-ring (bicyclic) bond motifs is 1. The number of benzene rings is 2. The summed E-state index contributed by atoms with van der Waals surface area (Å²) in [5.74, 6) is 0.791. The summed E-state index contributed by atoms with van der Waals surface area (Å²) in [6.07, 6.45) is 0.520. The smallest absolute Gasteiger partial charge is 0.257 e. The van der Waals surface area contributed by atoms with Gasteiger partial charge in [0.05, 0.1) is 5.56 Å². The molecule has 0 saturated heterocycles. The van der Waals surface area contributed by atoms with Gasteiger partial charge < -0.3 is 19.7 Å². The molecule has 0 saturated carbocycles. The van der Waals surface area contributed by atoms with Gasteiger partial charge in [0.25, 0.3) is 5.91 Å². The van der Waals surface area contributed by atoms with Crippen LogP contribution < -0.4 is 10.1 Å². The van der Waals surface area contributed by atoms with Crippen LogP contribution in [0.1, 0.15) is 35.4 Å². The molecular formula is C22H26N2O3. The Bertz CT molecular complexity index is 819. The Labute approximate surface area is 160 Å². The SMILES string of the molecule is C=C(C)COc1cccc(C2Nc3ccccc3C(=O)N2CCCOC)c1. The second-order valence-electron chi connectivity index (χ2n) is 6.76. The quantitative estimate of drug-likeness (QED) is 0.561. The molecule has 1 N–H and O–H groups in total. The van der Waals surface area contributed by atoms with Crippen molar-refractivity contribution < 1.29 is 14.3 Å². The molecule has 1 aliphatic rings. The van der Waals surface area contributed by atoms with E-state index in [-0.39, 0.29) is 12.1 Å². The molecule has 1 amide bonds. The molecule has 0 fully saturated rings. The van der Waals surface area contributed by atoms with E-state index in [9.17, 15) is 4.79 Å². The second kappa shape index (κ2) is 8.73. The van der Waals surface area contributed by atoms with E-state index in [0.717, 1.165) is 29.0 Å². The van der Waals surface area contributed by atoms with Crippen LogP contribution in [0.2, 0.25) is 0 Å². The molecule has 0 bridgehead atoms. The summed E-state index contributed by atoms with van der Waals surface area (Å²) < 4.78 is 10.9. The van der Waals surface area contributed by atoms with Gasteiger partial charge in [0.15, 0.2) is 0 Å². The summed E-state index contributed by atoms with van der Waals surface area (Å²) in [7, 11) is 1.67. The molecule has 1 heterocycles. The van der Waals surface area contributed by atoms with E-state index in [1.165, 1.54) is 0 Å². The van der Waals surface area contributed by atoms with Crippen LogP contribution in [0.5, 0.6) is 5.75 Å². The van der Waals surface area contributed by atoms with E-state index in [4.69, 9.17) is 9.47 Å². The molecular weight excluding hydrogens is 340 g/mol. The highest BCUT2D eigenvalue weighted by Crippen LogP contribution is 2.34. The van der Waals surface area contributed by atoms with Gasteiger partial charge in [-0.3, -0.25) is 4.79 Å². The fourth-order valence-corrected chi connectivity index (χ4v) is 3.15. The Morgan fingerprint density at radius 1 is 1.22 bits per heavy atom. The molecule has 0 spiro atoms. The number of carbonyl (C=O) groups excluding carboxylic acids is 1. The first-order valence-electron chi connectivity index (χ1n) is 9.13. The highest BCUT2D eigenvalue weighted by molar-refractivity contribution is 6.01. The maximum atomic E-state index is 13.1. The van der Waals surface area contributed by atoms with Crippen LogP contribution in [0.4, 0.5) is 5.69 Å². The second-order valence-corrected chi connectivity index (χ2v) is 6.76. The van der Waals surface area contributed by atoms with Gasteiger partial charge in [-0.1, -0.05) is 30.8 Å². The number of amides is 1. The van der Waals surface area contributed by atoms with Gasteiger partial charge in [-0.05, 0) is 48.7 Å². The highest BCUT2D eigenvalue weighted by Gasteiger charge is 2.32. The normalized spacial score (nSPS) is 15.9. The van der Waals surface area contributed by atoms with Crippen LogP contribution in [0.15, 0.2) is 60.7 Å². The van der Waals surface area contributed by atoms with Crippen molar-refractivity contribution in [2.75, 3.05) is 32.2 Å². The Morgan fingerprint density at radius 3 is 2.81 bits per heavy atom. The van der Waals surface area contributed by atoms with Crippen LogP contribution >= 0.6 is 0 Å². The Balaban J connectivity index is 1.89. The third-order valence-corrected chi connectivity index (χ3v) is 4.43. The summed E-state index contributed by atoms with van der Waals surface area (Å²) >= 11 is 0. The first kappa shape index (κ1) is 19.0. The summed E-state index contributed by atoms with van der Waals surface area (Å²) in [4.78, 5) is 15.0. The molecule has 0 radical (unpaired) electrons. The summed E-state index contributed by atoms with van der Waals surface area (Å²) in [5, 5.41) is 3.50. The molecule has 2 aromatic rings. The highest BCUT2D eigenvalue weighted by atomic mass is 16.5. The Morgan fingerprint density at radius 2 is 2.04 bits per heavy atom. The third-order valence-electron chi connectivity index (χ3n) is 4.43. The summed E-state index contributed by atoms with van der Waals surface area (Å²) in [5.41, 5.74) is 3.49. The number of carbonyl (C=O) groups is 1. The largest absolute Gasteiger partial charge is 0.489 e. The lowest BCUT2D eigenvalue weighted by atomic mass is 10.0. The van der Waals surface area contributed by atoms with Crippen LogP contribution in [-0.2, 0) is 4.74 Å². The Hall–Kier alpha value is -2.79. The minimum atomic E-state index is -0.252. The number of methoxy groups -OCH3 is 1. The zero-order chi connectivity index (χ0) is 19.2. The minimum absolute atomic E-state index is 0.0266. The van der Waals surface area contributed by atoms with Gasteiger partial charge in [0, 0.05) is 25.9 Å². The molecule has 1 atom stereocenters. The molecule has 27 heavy (non-hydrogen) atoms. The van der Waals surface area contributed by atoms with Crippen LogP contribution in [0.25, 0.3) is 0 Å². The van der Waals surface area contributed by atoms with E-state index in [2.05, 4.69) is 11.9 Å². The lowest BCUT2D eigenvalue weighted by molar-refractivity contribution is 0.0660. The molecule has 1 unspecified atom stereocenters. The van der Waals surface area contributed by atoms with Crippen LogP contribution in [0.3, 0.4) is 0 Å². The fraction of sp³-hybridized carbons (Fsp3) is 0.318. The van der Waals surface area contributed by atoms with Crippen LogP contribution in [0, 0.1) is 0 Å². The number of nitrogens with zero attached hydrogens (tertiary/aromatic N) is 1. The predicted octanol–water partition coefficient (Wildman–Crippen LogP) is 4.24. The van der Waals surface area contributed by atoms with E-state index >= 15 is 0 Å². The number of hydrogen-bond acceptors (Lipinski definition) is 4. The number of hydrogen-bond donors (Lipinski definition) is 1. The standard InChI is InChI=1S/C22H26N2O3/c1-16(2)15-27-18-9-6-8-17(14-18)21-23-20-11-5-4-10-19(20)22(25)24(21)12-7-13-26-3/h4-6,8-11,14,21,23H,1,7,12-13,15H2,2-3H3. The number of para-hydroxylation sites is 1. The number of rotatable bonds is 8. The average molecular weight is 366 g/mol. The van der Waals surface area contributed by atoms with Crippen molar-refractivity contribution in [1.29, 1.82) is 0 Å². The molecule has 1 aliphatic heterocycles. The number of nitrogens with one attached hydrogen (secondary N) is 1. The molecule has 5 nitrogen and oxygen atoms in total. The fourth-order valence-electron chi connectivity index (χ4n) is 3.15. The first-order valence-corrected chi connectivity index (χ1v) is 9.13. The maximum Gasteiger partial charge on any atom is 0.257 e. The lowest BCUT2D eigenvalue weighted by Gasteiger charge is -2.38.